The maximum absolute atomic E-state index is 13.2. The summed E-state index contributed by atoms with van der Waals surface area (Å²) in [6.45, 7) is 6.26. The standard InChI is InChI=1S/C58H103NO5/c1-4-7-10-13-16-19-22-25-28-29-30-32-35-38-41-44-47-50-56(61)55(53-60)59-57(62)52-54(49-46-43-40-37-34-31-26-23-20-17-14-11-8-5-2)64-58(63)51-48-45-42-39-36-33-27-24-21-18-15-12-9-6-3/h8-9,11-12,17-18,20-21,26,31,37,40,54-56,60-61H,4-7,10,13-16,19,22-25,27-30,32-36,38-39,41-53H2,1-3H3,(H,59,62)/b11-8+,12-9+,20-17+,21-18+,31-26+,40-37+. The van der Waals surface area contributed by atoms with E-state index in [0.717, 1.165) is 96.3 Å². The molecule has 0 aliphatic carbocycles. The molecule has 0 bridgehead atoms. The molecule has 0 aromatic rings. The minimum absolute atomic E-state index is 0.0346. The summed E-state index contributed by atoms with van der Waals surface area (Å²) in [5.41, 5.74) is 0. The highest BCUT2D eigenvalue weighted by Gasteiger charge is 2.24. The first-order valence-corrected chi connectivity index (χ1v) is 27.2. The molecule has 0 radical (unpaired) electrons. The second kappa shape index (κ2) is 51.3. The molecule has 64 heavy (non-hydrogen) atoms. The van der Waals surface area contributed by atoms with Gasteiger partial charge in [-0.1, -0.05) is 235 Å². The lowest BCUT2D eigenvalue weighted by molar-refractivity contribution is -0.151. The predicted octanol–water partition coefficient (Wildman–Crippen LogP) is 16.6. The smallest absolute Gasteiger partial charge is 0.306 e. The third-order valence-electron chi connectivity index (χ3n) is 12.0. The normalized spacial score (nSPS) is 13.8. The molecule has 370 valence electrons. The van der Waals surface area contributed by atoms with E-state index in [1.165, 1.54) is 116 Å². The van der Waals surface area contributed by atoms with E-state index in [0.29, 0.717) is 19.3 Å². The van der Waals surface area contributed by atoms with E-state index < -0.39 is 18.2 Å². The van der Waals surface area contributed by atoms with Crippen molar-refractivity contribution in [1.29, 1.82) is 0 Å². The van der Waals surface area contributed by atoms with E-state index in [4.69, 9.17) is 4.74 Å². The molecule has 0 aliphatic heterocycles. The van der Waals surface area contributed by atoms with Crippen LogP contribution in [0.4, 0.5) is 0 Å². The fourth-order valence-electron chi connectivity index (χ4n) is 7.99. The summed E-state index contributed by atoms with van der Waals surface area (Å²) in [4.78, 5) is 26.2. The van der Waals surface area contributed by atoms with Crippen molar-refractivity contribution >= 4 is 11.9 Å². The Kier molecular flexibility index (Phi) is 49.1. The van der Waals surface area contributed by atoms with Gasteiger partial charge in [-0.05, 0) is 83.5 Å². The van der Waals surface area contributed by atoms with Gasteiger partial charge >= 0.3 is 5.97 Å². The average molecular weight is 894 g/mol. The zero-order valence-electron chi connectivity index (χ0n) is 42.1. The Balaban J connectivity index is 4.60. The van der Waals surface area contributed by atoms with Crippen LogP contribution in [0.25, 0.3) is 0 Å². The summed E-state index contributed by atoms with van der Waals surface area (Å²) in [5.74, 6) is -0.537. The molecule has 0 saturated carbocycles. The van der Waals surface area contributed by atoms with E-state index >= 15 is 0 Å². The average Bonchev–Trinajstić information content (AvgIpc) is 3.29. The van der Waals surface area contributed by atoms with E-state index in [-0.39, 0.29) is 24.9 Å². The topological polar surface area (TPSA) is 95.9 Å². The molecule has 0 rings (SSSR count). The summed E-state index contributed by atoms with van der Waals surface area (Å²) in [5, 5.41) is 23.8. The van der Waals surface area contributed by atoms with Gasteiger partial charge in [0.25, 0.3) is 0 Å². The van der Waals surface area contributed by atoms with Crippen LogP contribution in [-0.2, 0) is 14.3 Å². The number of esters is 1. The fourth-order valence-corrected chi connectivity index (χ4v) is 7.99. The van der Waals surface area contributed by atoms with Crippen LogP contribution in [0.5, 0.6) is 0 Å². The number of amides is 1. The molecule has 0 aromatic heterocycles. The van der Waals surface area contributed by atoms with Crippen molar-refractivity contribution in [3.63, 3.8) is 0 Å². The van der Waals surface area contributed by atoms with Crippen molar-refractivity contribution in [2.45, 2.75) is 277 Å². The van der Waals surface area contributed by atoms with Crippen molar-refractivity contribution in [3.05, 3.63) is 72.9 Å². The van der Waals surface area contributed by atoms with Crippen LogP contribution in [0.2, 0.25) is 0 Å². The number of allylic oxidation sites excluding steroid dienone is 12. The summed E-state index contributed by atoms with van der Waals surface area (Å²) < 4.78 is 5.91. The summed E-state index contributed by atoms with van der Waals surface area (Å²) in [6.07, 6.45) is 65.4. The molecule has 6 heteroatoms. The quantitative estimate of drug-likeness (QED) is 0.0321. The molecule has 0 fully saturated rings. The summed E-state index contributed by atoms with van der Waals surface area (Å²) >= 11 is 0. The van der Waals surface area contributed by atoms with Gasteiger partial charge in [-0.3, -0.25) is 9.59 Å². The maximum Gasteiger partial charge on any atom is 0.306 e. The second-order valence-electron chi connectivity index (χ2n) is 18.2. The van der Waals surface area contributed by atoms with Crippen LogP contribution in [0.15, 0.2) is 72.9 Å². The minimum atomic E-state index is -0.806. The second-order valence-corrected chi connectivity index (χ2v) is 18.2. The molecule has 0 saturated heterocycles. The SMILES string of the molecule is CC/C=C/C/C=C/C/C=C/C/C=C/CCCC(CC(=O)NC(CO)C(O)CCCCCCCCCCCCCCCCCCC)OC(=O)CCCCCCCCC/C=C/C/C=C/CC. The third kappa shape index (κ3) is 45.9. The Bertz CT molecular complexity index is 1190. The number of unbranched alkanes of at least 4 members (excludes halogenated alkanes) is 24. The number of aliphatic hydroxyl groups is 2. The van der Waals surface area contributed by atoms with Gasteiger partial charge in [0.2, 0.25) is 5.91 Å². The van der Waals surface area contributed by atoms with Gasteiger partial charge in [-0.25, -0.2) is 0 Å². The molecule has 1 amide bonds. The molecular weight excluding hydrogens is 791 g/mol. The number of ether oxygens (including phenoxy) is 1. The van der Waals surface area contributed by atoms with E-state index in [2.05, 4.69) is 99.0 Å². The Morgan fingerprint density at radius 2 is 0.859 bits per heavy atom. The highest BCUT2D eigenvalue weighted by Crippen LogP contribution is 2.17. The van der Waals surface area contributed by atoms with Crippen LogP contribution >= 0.6 is 0 Å². The number of nitrogens with one attached hydrogen (secondary N) is 1. The van der Waals surface area contributed by atoms with Gasteiger partial charge in [0.15, 0.2) is 0 Å². The molecule has 6 nitrogen and oxygen atoms in total. The van der Waals surface area contributed by atoms with Gasteiger partial charge in [-0.2, -0.15) is 0 Å². The lowest BCUT2D eigenvalue weighted by Crippen LogP contribution is -2.46. The van der Waals surface area contributed by atoms with Crippen molar-refractivity contribution in [2.24, 2.45) is 0 Å². The summed E-state index contributed by atoms with van der Waals surface area (Å²) in [6, 6.07) is -0.723. The monoisotopic (exact) mass is 894 g/mol. The molecular formula is C58H103NO5. The molecule has 3 N–H and O–H groups in total. The van der Waals surface area contributed by atoms with Crippen LogP contribution < -0.4 is 5.32 Å². The molecule has 3 unspecified atom stereocenters. The van der Waals surface area contributed by atoms with Gasteiger partial charge in [0, 0.05) is 6.42 Å². The molecule has 0 heterocycles. The molecule has 0 spiro atoms. The first-order chi connectivity index (χ1) is 31.5. The zero-order chi connectivity index (χ0) is 46.7. The largest absolute Gasteiger partial charge is 0.462 e. The van der Waals surface area contributed by atoms with Crippen LogP contribution in [0.1, 0.15) is 258 Å². The number of aliphatic hydroxyl groups excluding tert-OH is 2. The molecule has 3 atom stereocenters. The highest BCUT2D eigenvalue weighted by molar-refractivity contribution is 5.77. The van der Waals surface area contributed by atoms with Gasteiger partial charge in [0.1, 0.15) is 6.10 Å². The van der Waals surface area contributed by atoms with Crippen molar-refractivity contribution < 1.29 is 24.5 Å². The molecule has 0 aliphatic rings. The lowest BCUT2D eigenvalue weighted by Gasteiger charge is -2.24. The summed E-state index contributed by atoms with van der Waals surface area (Å²) in [7, 11) is 0. The van der Waals surface area contributed by atoms with Crippen molar-refractivity contribution in [3.8, 4) is 0 Å². The number of hydrogen-bond donors (Lipinski definition) is 3. The van der Waals surface area contributed by atoms with Gasteiger partial charge in [0.05, 0.1) is 25.2 Å². The number of rotatable bonds is 48. The van der Waals surface area contributed by atoms with Gasteiger partial charge < -0.3 is 20.3 Å². The first kappa shape index (κ1) is 61.3. The Morgan fingerprint density at radius 3 is 1.31 bits per heavy atom. The molecule has 0 aromatic carbocycles. The van der Waals surface area contributed by atoms with Crippen molar-refractivity contribution in [2.75, 3.05) is 6.61 Å². The first-order valence-electron chi connectivity index (χ1n) is 27.2. The van der Waals surface area contributed by atoms with Crippen molar-refractivity contribution in [1.82, 2.24) is 5.32 Å². The lowest BCUT2D eigenvalue weighted by atomic mass is 10.0. The Labute approximate surface area is 396 Å². The van der Waals surface area contributed by atoms with Crippen LogP contribution in [0, 0.1) is 0 Å². The number of carbonyl (C=O) groups is 2. The van der Waals surface area contributed by atoms with E-state index in [1.807, 2.05) is 0 Å². The number of hydrogen-bond acceptors (Lipinski definition) is 5. The van der Waals surface area contributed by atoms with Crippen LogP contribution in [-0.4, -0.2) is 46.9 Å². The number of carbonyl (C=O) groups excluding carboxylic acids is 2. The zero-order valence-corrected chi connectivity index (χ0v) is 42.1. The Hall–Kier alpha value is -2.70. The predicted molar refractivity (Wildman–Crippen MR) is 278 cm³/mol. The fraction of sp³-hybridized carbons (Fsp3) is 0.759. The van der Waals surface area contributed by atoms with E-state index in [9.17, 15) is 19.8 Å². The highest BCUT2D eigenvalue weighted by atomic mass is 16.5. The van der Waals surface area contributed by atoms with E-state index in [1.54, 1.807) is 0 Å². The van der Waals surface area contributed by atoms with Gasteiger partial charge in [-0.15, -0.1) is 0 Å². The Morgan fingerprint density at radius 1 is 0.469 bits per heavy atom. The minimum Gasteiger partial charge on any atom is -0.462 e. The maximum atomic E-state index is 13.2. The van der Waals surface area contributed by atoms with Crippen LogP contribution in [0.3, 0.4) is 0 Å². The third-order valence-corrected chi connectivity index (χ3v) is 12.0.